The molecule has 1 N–H and O–H groups in total. The van der Waals surface area contributed by atoms with Crippen molar-refractivity contribution in [2.75, 3.05) is 30.0 Å². The van der Waals surface area contributed by atoms with E-state index in [1.165, 1.54) is 23.8 Å². The maximum atomic E-state index is 13.2. The third kappa shape index (κ3) is 4.16. The van der Waals surface area contributed by atoms with Crippen LogP contribution in [0.2, 0.25) is 5.02 Å². The van der Waals surface area contributed by atoms with Crippen molar-refractivity contribution in [2.24, 2.45) is 0 Å². The summed E-state index contributed by atoms with van der Waals surface area (Å²) in [5, 5.41) is 3.12. The minimum absolute atomic E-state index is 0.0171. The first-order chi connectivity index (χ1) is 14.9. The molecule has 0 aromatic heterocycles. The van der Waals surface area contributed by atoms with E-state index in [0.717, 1.165) is 24.3 Å². The Morgan fingerprint density at radius 2 is 1.81 bits per heavy atom. The topological polar surface area (TPSA) is 61.9 Å². The fourth-order valence-electron chi connectivity index (χ4n) is 3.76. The van der Waals surface area contributed by atoms with E-state index in [1.807, 2.05) is 25.1 Å². The lowest BCUT2D eigenvalue weighted by Gasteiger charge is -2.29. The van der Waals surface area contributed by atoms with E-state index in [0.29, 0.717) is 22.0 Å². The Morgan fingerprint density at radius 1 is 1.10 bits per heavy atom. The Balaban J connectivity index is 1.70. The van der Waals surface area contributed by atoms with Crippen molar-refractivity contribution in [3.8, 4) is 5.75 Å². The summed E-state index contributed by atoms with van der Waals surface area (Å²) in [6.45, 7) is 3.89. The smallest absolute Gasteiger partial charge is 0.270 e. The number of hydrogen-bond acceptors (Lipinski definition) is 5. The predicted molar refractivity (Wildman–Crippen MR) is 127 cm³/mol. The second-order valence-electron chi connectivity index (χ2n) is 7.51. The Bertz CT molecular complexity index is 1110. The number of benzene rings is 2. The van der Waals surface area contributed by atoms with Crippen LogP contribution in [0.3, 0.4) is 0 Å². The van der Waals surface area contributed by atoms with Gasteiger partial charge in [-0.3, -0.25) is 19.8 Å². The molecule has 0 aliphatic carbocycles. The van der Waals surface area contributed by atoms with Crippen molar-refractivity contribution >= 4 is 58.2 Å². The monoisotopic (exact) mass is 455 g/mol. The summed E-state index contributed by atoms with van der Waals surface area (Å²) in [5.74, 6) is -0.468. The standard InChI is InChI=1S/C23H22ClN3O3S/c1-14-5-7-17(12-19(14)24)27-22(29)18(21(28)25-23(27)31)11-15-6-8-16(13-20(15)30-2)26-9-3-4-10-26/h5-8,11-13H,3-4,9-10H2,1-2H3,(H,25,28,31)/b18-11+. The molecule has 0 unspecified atom stereocenters. The number of amides is 2. The number of carbonyl (C=O) groups is 2. The zero-order chi connectivity index (χ0) is 22.1. The first-order valence-electron chi connectivity index (χ1n) is 9.99. The van der Waals surface area contributed by atoms with Crippen molar-refractivity contribution in [2.45, 2.75) is 19.8 Å². The number of halogens is 1. The number of nitrogens with zero attached hydrogens (tertiary/aromatic N) is 2. The average Bonchev–Trinajstić information content (AvgIpc) is 3.28. The summed E-state index contributed by atoms with van der Waals surface area (Å²) < 4.78 is 5.55. The van der Waals surface area contributed by atoms with Crippen LogP contribution in [-0.4, -0.2) is 37.1 Å². The van der Waals surface area contributed by atoms with E-state index in [-0.39, 0.29) is 10.7 Å². The minimum Gasteiger partial charge on any atom is -0.496 e. The molecule has 2 heterocycles. The maximum Gasteiger partial charge on any atom is 0.270 e. The van der Waals surface area contributed by atoms with Crippen LogP contribution < -0.4 is 19.9 Å². The number of methoxy groups -OCH3 is 1. The lowest BCUT2D eigenvalue weighted by molar-refractivity contribution is -0.122. The molecule has 2 saturated heterocycles. The zero-order valence-corrected chi connectivity index (χ0v) is 18.8. The number of hydrogen-bond donors (Lipinski definition) is 1. The van der Waals surface area contributed by atoms with Crippen molar-refractivity contribution < 1.29 is 14.3 Å². The Morgan fingerprint density at radius 3 is 2.48 bits per heavy atom. The highest BCUT2D eigenvalue weighted by Crippen LogP contribution is 2.31. The summed E-state index contributed by atoms with van der Waals surface area (Å²) >= 11 is 11.5. The first kappa shape index (κ1) is 21.3. The molecule has 4 rings (SSSR count). The van der Waals surface area contributed by atoms with Gasteiger partial charge in [0.15, 0.2) is 5.11 Å². The molecule has 0 spiro atoms. The van der Waals surface area contributed by atoms with Gasteiger partial charge < -0.3 is 9.64 Å². The Labute approximate surface area is 191 Å². The van der Waals surface area contributed by atoms with E-state index in [9.17, 15) is 9.59 Å². The van der Waals surface area contributed by atoms with Crippen molar-refractivity contribution in [1.29, 1.82) is 0 Å². The van der Waals surface area contributed by atoms with Gasteiger partial charge in [-0.2, -0.15) is 0 Å². The van der Waals surface area contributed by atoms with Crippen molar-refractivity contribution in [3.63, 3.8) is 0 Å². The lowest BCUT2D eigenvalue weighted by Crippen LogP contribution is -2.54. The predicted octanol–water partition coefficient (Wildman–Crippen LogP) is 4.09. The second kappa shape index (κ2) is 8.69. The van der Waals surface area contributed by atoms with Crippen LogP contribution in [0.4, 0.5) is 11.4 Å². The molecule has 8 heteroatoms. The maximum absolute atomic E-state index is 13.2. The highest BCUT2D eigenvalue weighted by Gasteiger charge is 2.35. The average molecular weight is 456 g/mol. The molecule has 2 aliphatic rings. The third-order valence-electron chi connectivity index (χ3n) is 5.50. The molecule has 2 aliphatic heterocycles. The quantitative estimate of drug-likeness (QED) is 0.427. The molecule has 2 amide bonds. The minimum atomic E-state index is -0.546. The van der Waals surface area contributed by atoms with Crippen molar-refractivity contribution in [1.82, 2.24) is 5.32 Å². The van der Waals surface area contributed by atoms with E-state index < -0.39 is 11.8 Å². The molecular weight excluding hydrogens is 434 g/mol. The summed E-state index contributed by atoms with van der Waals surface area (Å²) in [7, 11) is 1.57. The van der Waals surface area contributed by atoms with Gasteiger partial charge in [0.1, 0.15) is 11.3 Å². The molecule has 2 aromatic rings. The van der Waals surface area contributed by atoms with Gasteiger partial charge in [0.25, 0.3) is 11.8 Å². The second-order valence-corrected chi connectivity index (χ2v) is 8.31. The summed E-state index contributed by atoms with van der Waals surface area (Å²) in [5.41, 5.74) is 3.04. The SMILES string of the molecule is COc1cc(N2CCCC2)ccc1/C=C1\C(=O)NC(=S)N(c2ccc(C)c(Cl)c2)C1=O. The number of anilines is 2. The molecule has 2 aromatic carbocycles. The van der Waals surface area contributed by atoms with Crippen LogP contribution in [0.5, 0.6) is 5.75 Å². The van der Waals surface area contributed by atoms with E-state index in [4.69, 9.17) is 28.6 Å². The van der Waals surface area contributed by atoms with Crippen LogP contribution in [-0.2, 0) is 9.59 Å². The molecule has 0 atom stereocenters. The highest BCUT2D eigenvalue weighted by atomic mass is 35.5. The third-order valence-corrected chi connectivity index (χ3v) is 6.20. The van der Waals surface area contributed by atoms with Crippen LogP contribution >= 0.6 is 23.8 Å². The van der Waals surface area contributed by atoms with Gasteiger partial charge in [-0.1, -0.05) is 17.7 Å². The molecule has 160 valence electrons. The summed E-state index contributed by atoms with van der Waals surface area (Å²) in [6.07, 6.45) is 3.87. The highest BCUT2D eigenvalue weighted by molar-refractivity contribution is 7.80. The number of thiocarbonyl (C=S) groups is 1. The normalized spacial score (nSPS) is 18.0. The number of carbonyl (C=O) groups excluding carboxylic acids is 2. The van der Waals surface area contributed by atoms with Gasteiger partial charge in [0, 0.05) is 35.4 Å². The molecule has 6 nitrogen and oxygen atoms in total. The fourth-order valence-corrected chi connectivity index (χ4v) is 4.22. The summed E-state index contributed by atoms with van der Waals surface area (Å²) in [6, 6.07) is 11.0. The zero-order valence-electron chi connectivity index (χ0n) is 17.3. The number of aryl methyl sites for hydroxylation is 1. The van der Waals surface area contributed by atoms with Gasteiger partial charge in [-0.25, -0.2) is 0 Å². The summed E-state index contributed by atoms with van der Waals surface area (Å²) in [4.78, 5) is 29.4. The fraction of sp³-hybridized carbons (Fsp3) is 0.261. The van der Waals surface area contributed by atoms with Gasteiger partial charge in [0.05, 0.1) is 12.8 Å². The van der Waals surface area contributed by atoms with Gasteiger partial charge in [-0.05, 0) is 67.9 Å². The molecule has 0 radical (unpaired) electrons. The number of rotatable bonds is 4. The molecule has 0 bridgehead atoms. The molecule has 31 heavy (non-hydrogen) atoms. The van der Waals surface area contributed by atoms with Gasteiger partial charge in [-0.15, -0.1) is 0 Å². The van der Waals surface area contributed by atoms with Crippen LogP contribution in [0.1, 0.15) is 24.0 Å². The molecule has 2 fully saturated rings. The molecule has 0 saturated carbocycles. The largest absolute Gasteiger partial charge is 0.496 e. The number of nitrogens with one attached hydrogen (secondary N) is 1. The van der Waals surface area contributed by atoms with E-state index >= 15 is 0 Å². The van der Waals surface area contributed by atoms with Crippen LogP contribution in [0.25, 0.3) is 6.08 Å². The number of ether oxygens (including phenoxy) is 1. The van der Waals surface area contributed by atoms with Crippen LogP contribution in [0.15, 0.2) is 42.0 Å². The van der Waals surface area contributed by atoms with E-state index in [2.05, 4.69) is 10.2 Å². The van der Waals surface area contributed by atoms with E-state index in [1.54, 1.807) is 25.3 Å². The first-order valence-corrected chi connectivity index (χ1v) is 10.8. The van der Waals surface area contributed by atoms with Gasteiger partial charge in [0.2, 0.25) is 0 Å². The lowest BCUT2D eigenvalue weighted by atomic mass is 10.1. The van der Waals surface area contributed by atoms with Gasteiger partial charge >= 0.3 is 0 Å². The Hall–Kier alpha value is -2.90. The molecular formula is C23H22ClN3O3S. The van der Waals surface area contributed by atoms with Crippen molar-refractivity contribution in [3.05, 3.63) is 58.1 Å². The Kier molecular flexibility index (Phi) is 5.98. The van der Waals surface area contributed by atoms with Crippen LogP contribution in [0, 0.1) is 6.92 Å².